The van der Waals surface area contributed by atoms with E-state index in [1.165, 1.54) is 12.1 Å². The first-order valence-electron chi connectivity index (χ1n) is 4.50. The third-order valence-corrected chi connectivity index (χ3v) is 2.04. The van der Waals surface area contributed by atoms with Crippen molar-refractivity contribution in [2.75, 3.05) is 5.73 Å². The van der Waals surface area contributed by atoms with Crippen LogP contribution in [-0.4, -0.2) is 11.1 Å². The van der Waals surface area contributed by atoms with Crippen molar-refractivity contribution in [3.63, 3.8) is 0 Å². The van der Waals surface area contributed by atoms with Gasteiger partial charge >= 0.3 is 0 Å². The zero-order valence-electron chi connectivity index (χ0n) is 8.07. The van der Waals surface area contributed by atoms with Gasteiger partial charge < -0.3 is 16.6 Å². The van der Waals surface area contributed by atoms with Crippen molar-refractivity contribution in [1.82, 2.24) is 0 Å². The smallest absolute Gasteiger partial charge is 0.146 e. The van der Waals surface area contributed by atoms with Gasteiger partial charge in [0.05, 0.1) is 11.8 Å². The molecule has 1 rings (SSSR count). The van der Waals surface area contributed by atoms with Gasteiger partial charge in [-0.25, -0.2) is 4.39 Å². The van der Waals surface area contributed by atoms with E-state index in [1.54, 1.807) is 13.0 Å². The standard InChI is InChI=1S/C10H15FN2O/c1-6(12)5-9(14)7-3-2-4-8(11)10(7)13/h2-4,6,9,14H,5,12-13H2,1H3. The first-order chi connectivity index (χ1) is 6.52. The van der Waals surface area contributed by atoms with E-state index in [0.29, 0.717) is 12.0 Å². The van der Waals surface area contributed by atoms with Crippen LogP contribution in [0.25, 0.3) is 0 Å². The Hall–Kier alpha value is -1.13. The van der Waals surface area contributed by atoms with Gasteiger partial charge in [-0.15, -0.1) is 0 Å². The van der Waals surface area contributed by atoms with Crippen LogP contribution in [0.5, 0.6) is 0 Å². The van der Waals surface area contributed by atoms with Crippen LogP contribution in [0, 0.1) is 5.82 Å². The zero-order chi connectivity index (χ0) is 10.7. The Morgan fingerprint density at radius 1 is 1.50 bits per heavy atom. The molecule has 0 amide bonds. The summed E-state index contributed by atoms with van der Waals surface area (Å²) in [5.74, 6) is -0.508. The quantitative estimate of drug-likeness (QED) is 0.638. The van der Waals surface area contributed by atoms with Crippen molar-refractivity contribution in [2.45, 2.75) is 25.5 Å². The highest BCUT2D eigenvalue weighted by atomic mass is 19.1. The maximum absolute atomic E-state index is 13.0. The molecule has 2 atom stereocenters. The van der Waals surface area contributed by atoms with Gasteiger partial charge in [-0.2, -0.15) is 0 Å². The SMILES string of the molecule is CC(N)CC(O)c1cccc(F)c1N. The highest BCUT2D eigenvalue weighted by Crippen LogP contribution is 2.25. The summed E-state index contributed by atoms with van der Waals surface area (Å²) in [6, 6.07) is 4.24. The second-order valence-corrected chi connectivity index (χ2v) is 3.47. The maximum Gasteiger partial charge on any atom is 0.146 e. The maximum atomic E-state index is 13.0. The Morgan fingerprint density at radius 3 is 2.71 bits per heavy atom. The lowest BCUT2D eigenvalue weighted by Gasteiger charge is -2.15. The number of hydrogen-bond donors (Lipinski definition) is 3. The molecule has 1 aromatic rings. The van der Waals surface area contributed by atoms with E-state index in [-0.39, 0.29) is 11.7 Å². The van der Waals surface area contributed by atoms with E-state index in [4.69, 9.17) is 11.5 Å². The molecular formula is C10H15FN2O. The third-order valence-electron chi connectivity index (χ3n) is 2.04. The van der Waals surface area contributed by atoms with Crippen LogP contribution in [0.2, 0.25) is 0 Å². The minimum absolute atomic E-state index is 0.000602. The van der Waals surface area contributed by atoms with Crippen molar-refractivity contribution in [1.29, 1.82) is 0 Å². The van der Waals surface area contributed by atoms with E-state index >= 15 is 0 Å². The van der Waals surface area contributed by atoms with E-state index in [2.05, 4.69) is 0 Å². The zero-order valence-corrected chi connectivity index (χ0v) is 8.07. The van der Waals surface area contributed by atoms with E-state index < -0.39 is 11.9 Å². The Bertz CT molecular complexity index is 315. The average molecular weight is 198 g/mol. The molecule has 5 N–H and O–H groups in total. The van der Waals surface area contributed by atoms with Crippen LogP contribution < -0.4 is 11.5 Å². The molecule has 0 radical (unpaired) electrons. The number of nitrogen functional groups attached to an aromatic ring is 1. The number of hydrogen-bond acceptors (Lipinski definition) is 3. The second kappa shape index (κ2) is 4.39. The lowest BCUT2D eigenvalue weighted by molar-refractivity contribution is 0.160. The number of aliphatic hydroxyl groups is 1. The summed E-state index contributed by atoms with van der Waals surface area (Å²) in [6.45, 7) is 1.78. The van der Waals surface area contributed by atoms with Crippen molar-refractivity contribution < 1.29 is 9.50 Å². The van der Waals surface area contributed by atoms with Gasteiger partial charge in [-0.3, -0.25) is 0 Å². The molecule has 0 fully saturated rings. The van der Waals surface area contributed by atoms with Crippen LogP contribution in [-0.2, 0) is 0 Å². The highest BCUT2D eigenvalue weighted by molar-refractivity contribution is 5.49. The molecule has 78 valence electrons. The molecule has 0 heterocycles. The van der Waals surface area contributed by atoms with Gasteiger partial charge in [0.15, 0.2) is 0 Å². The van der Waals surface area contributed by atoms with Crippen LogP contribution in [0.1, 0.15) is 25.0 Å². The van der Waals surface area contributed by atoms with Crippen LogP contribution in [0.3, 0.4) is 0 Å². The minimum Gasteiger partial charge on any atom is -0.396 e. The molecule has 1 aromatic carbocycles. The number of benzene rings is 1. The summed E-state index contributed by atoms with van der Waals surface area (Å²) < 4.78 is 13.0. The van der Waals surface area contributed by atoms with Gasteiger partial charge in [0.25, 0.3) is 0 Å². The summed E-state index contributed by atoms with van der Waals surface area (Å²) >= 11 is 0. The fourth-order valence-corrected chi connectivity index (χ4v) is 1.32. The Labute approximate surface area is 82.5 Å². The minimum atomic E-state index is -0.800. The van der Waals surface area contributed by atoms with Gasteiger partial charge in [0.2, 0.25) is 0 Å². The molecule has 4 heteroatoms. The molecule has 0 spiro atoms. The fraction of sp³-hybridized carbons (Fsp3) is 0.400. The fourth-order valence-electron chi connectivity index (χ4n) is 1.32. The topological polar surface area (TPSA) is 72.3 Å². The number of aliphatic hydroxyl groups excluding tert-OH is 1. The summed E-state index contributed by atoms with van der Waals surface area (Å²) in [4.78, 5) is 0. The number of nitrogens with two attached hydrogens (primary N) is 2. The van der Waals surface area contributed by atoms with Crippen LogP contribution in [0.4, 0.5) is 10.1 Å². The molecule has 2 unspecified atom stereocenters. The van der Waals surface area contributed by atoms with Gasteiger partial charge in [0, 0.05) is 11.6 Å². The highest BCUT2D eigenvalue weighted by Gasteiger charge is 2.14. The molecule has 0 bridgehead atoms. The predicted octanol–water partition coefficient (Wildman–Crippen LogP) is 1.18. The lowest BCUT2D eigenvalue weighted by atomic mass is 10.0. The Morgan fingerprint density at radius 2 is 2.14 bits per heavy atom. The molecule has 0 saturated heterocycles. The molecule has 0 aromatic heterocycles. The van der Waals surface area contributed by atoms with Gasteiger partial charge in [-0.1, -0.05) is 12.1 Å². The summed E-state index contributed by atoms with van der Waals surface area (Å²) in [5.41, 5.74) is 11.4. The molecule has 0 aliphatic heterocycles. The molecular weight excluding hydrogens is 183 g/mol. The summed E-state index contributed by atoms with van der Waals surface area (Å²) in [5, 5.41) is 9.67. The number of rotatable bonds is 3. The predicted molar refractivity (Wildman–Crippen MR) is 54.0 cm³/mol. The molecule has 3 nitrogen and oxygen atoms in total. The van der Waals surface area contributed by atoms with Crippen molar-refractivity contribution in [3.8, 4) is 0 Å². The van der Waals surface area contributed by atoms with E-state index in [9.17, 15) is 9.50 Å². The van der Waals surface area contributed by atoms with E-state index in [1.807, 2.05) is 0 Å². The van der Waals surface area contributed by atoms with E-state index in [0.717, 1.165) is 0 Å². The first-order valence-corrected chi connectivity index (χ1v) is 4.50. The summed E-state index contributed by atoms with van der Waals surface area (Å²) in [6.07, 6.45) is -0.432. The van der Waals surface area contributed by atoms with Crippen molar-refractivity contribution >= 4 is 5.69 Å². The van der Waals surface area contributed by atoms with Crippen LogP contribution in [0.15, 0.2) is 18.2 Å². The molecule has 14 heavy (non-hydrogen) atoms. The second-order valence-electron chi connectivity index (χ2n) is 3.47. The lowest BCUT2D eigenvalue weighted by Crippen LogP contribution is -2.19. The average Bonchev–Trinajstić information content (AvgIpc) is 2.08. The number of halogens is 1. The van der Waals surface area contributed by atoms with Crippen LogP contribution >= 0.6 is 0 Å². The third kappa shape index (κ3) is 2.43. The van der Waals surface area contributed by atoms with Gasteiger partial charge in [-0.05, 0) is 19.4 Å². The normalized spacial score (nSPS) is 15.1. The first kappa shape index (κ1) is 10.9. The summed E-state index contributed by atoms with van der Waals surface area (Å²) in [7, 11) is 0. The molecule has 0 saturated carbocycles. The number of para-hydroxylation sites is 1. The van der Waals surface area contributed by atoms with Crippen molar-refractivity contribution in [2.24, 2.45) is 5.73 Å². The Balaban J connectivity index is 2.89. The van der Waals surface area contributed by atoms with Gasteiger partial charge in [0.1, 0.15) is 5.82 Å². The molecule has 0 aliphatic rings. The largest absolute Gasteiger partial charge is 0.396 e. The molecule has 0 aliphatic carbocycles. The number of anilines is 1. The van der Waals surface area contributed by atoms with Crippen molar-refractivity contribution in [3.05, 3.63) is 29.6 Å². The monoisotopic (exact) mass is 198 g/mol. The Kier molecular flexibility index (Phi) is 3.43.